The second kappa shape index (κ2) is 7.98. The Morgan fingerprint density at radius 1 is 1.26 bits per heavy atom. The number of β-amino-alcohol motifs (C(OH)–C–C–N with tert-alkyl or cyclic N) is 1. The molecule has 4 N–H and O–H groups in total. The summed E-state index contributed by atoms with van der Waals surface area (Å²) in [5.41, 5.74) is 1.93. The number of fused-ring (bicyclic) bond motifs is 1. The zero-order chi connectivity index (χ0) is 19.4. The third kappa shape index (κ3) is 4.99. The number of hydrogen-bond acceptors (Lipinski definition) is 5. The summed E-state index contributed by atoms with van der Waals surface area (Å²) in [6, 6.07) is 13.2. The van der Waals surface area contributed by atoms with E-state index in [0.29, 0.717) is 23.5 Å². The molecule has 1 atom stereocenters. The lowest BCUT2D eigenvalue weighted by Crippen LogP contribution is -2.42. The number of hydrogen-bond donors (Lipinski definition) is 4. The fourth-order valence-corrected chi connectivity index (χ4v) is 3.13. The molecule has 1 heterocycles. The van der Waals surface area contributed by atoms with Gasteiger partial charge in [-0.15, -0.1) is 0 Å². The predicted octanol–water partition coefficient (Wildman–Crippen LogP) is 2.76. The first kappa shape index (κ1) is 19.2. The Bertz CT molecular complexity index is 805. The minimum absolute atomic E-state index is 0.0306. The normalized spacial score (nSPS) is 14.9. The van der Waals surface area contributed by atoms with Gasteiger partial charge in [0.2, 0.25) is 0 Å². The van der Waals surface area contributed by atoms with Crippen molar-refractivity contribution in [2.24, 2.45) is 0 Å². The molecule has 6 heteroatoms. The SMILES string of the molecule is CC(C)(CCc1ccccc1)NCC(O)c1cc(O)cc2c1OCC(=O)N2. The summed E-state index contributed by atoms with van der Waals surface area (Å²) < 4.78 is 5.47. The van der Waals surface area contributed by atoms with Gasteiger partial charge in [0.15, 0.2) is 6.61 Å². The summed E-state index contributed by atoms with van der Waals surface area (Å²) in [7, 11) is 0. The highest BCUT2D eigenvalue weighted by molar-refractivity contribution is 5.96. The number of ether oxygens (including phenoxy) is 1. The molecule has 6 nitrogen and oxygen atoms in total. The molecule has 1 aliphatic rings. The van der Waals surface area contributed by atoms with E-state index in [2.05, 4.69) is 36.6 Å². The Kier molecular flexibility index (Phi) is 5.68. The van der Waals surface area contributed by atoms with Gasteiger partial charge in [-0.3, -0.25) is 4.79 Å². The molecule has 0 radical (unpaired) electrons. The fourth-order valence-electron chi connectivity index (χ4n) is 3.13. The van der Waals surface area contributed by atoms with E-state index in [0.717, 1.165) is 12.8 Å². The highest BCUT2D eigenvalue weighted by Gasteiger charge is 2.26. The van der Waals surface area contributed by atoms with Crippen LogP contribution in [0.1, 0.15) is 37.5 Å². The Balaban J connectivity index is 1.63. The lowest BCUT2D eigenvalue weighted by Gasteiger charge is -2.29. The molecule has 0 saturated carbocycles. The van der Waals surface area contributed by atoms with Gasteiger partial charge < -0.3 is 25.6 Å². The lowest BCUT2D eigenvalue weighted by atomic mass is 9.94. The van der Waals surface area contributed by atoms with Crippen LogP contribution in [0.5, 0.6) is 11.5 Å². The standard InChI is InChI=1S/C21H26N2O4/c1-21(2,9-8-14-6-4-3-5-7-14)22-12-18(25)16-10-15(24)11-17-20(16)27-13-19(26)23-17/h3-7,10-11,18,22,24-25H,8-9,12-13H2,1-2H3,(H,23,26). The van der Waals surface area contributed by atoms with Crippen LogP contribution in [-0.4, -0.2) is 34.8 Å². The van der Waals surface area contributed by atoms with Crippen molar-refractivity contribution in [2.75, 3.05) is 18.5 Å². The van der Waals surface area contributed by atoms with Crippen molar-refractivity contribution in [1.82, 2.24) is 5.32 Å². The number of phenols is 1. The molecule has 0 aliphatic carbocycles. The molecule has 3 rings (SSSR count). The van der Waals surface area contributed by atoms with Crippen LogP contribution in [0, 0.1) is 0 Å². The minimum atomic E-state index is -0.878. The van der Waals surface area contributed by atoms with E-state index >= 15 is 0 Å². The first-order valence-electron chi connectivity index (χ1n) is 9.11. The van der Waals surface area contributed by atoms with Gasteiger partial charge in [-0.05, 0) is 38.3 Å². The lowest BCUT2D eigenvalue weighted by molar-refractivity contribution is -0.118. The van der Waals surface area contributed by atoms with Crippen LogP contribution in [0.2, 0.25) is 0 Å². The molecule has 0 fully saturated rings. The number of nitrogens with one attached hydrogen (secondary N) is 2. The average Bonchev–Trinajstić information content (AvgIpc) is 2.64. The van der Waals surface area contributed by atoms with Gasteiger partial charge in [-0.25, -0.2) is 0 Å². The minimum Gasteiger partial charge on any atom is -0.508 e. The third-order valence-corrected chi connectivity index (χ3v) is 4.74. The van der Waals surface area contributed by atoms with E-state index in [-0.39, 0.29) is 23.8 Å². The van der Waals surface area contributed by atoms with E-state index in [1.165, 1.54) is 17.7 Å². The van der Waals surface area contributed by atoms with Gasteiger partial charge in [-0.2, -0.15) is 0 Å². The zero-order valence-electron chi connectivity index (χ0n) is 15.7. The number of aliphatic hydroxyl groups is 1. The highest BCUT2D eigenvalue weighted by Crippen LogP contribution is 2.38. The number of aromatic hydroxyl groups is 1. The number of rotatable bonds is 7. The monoisotopic (exact) mass is 370 g/mol. The summed E-state index contributed by atoms with van der Waals surface area (Å²) >= 11 is 0. The molecule has 0 bridgehead atoms. The van der Waals surface area contributed by atoms with Crippen LogP contribution < -0.4 is 15.4 Å². The van der Waals surface area contributed by atoms with Gasteiger partial charge in [0.25, 0.3) is 5.91 Å². The van der Waals surface area contributed by atoms with Crippen molar-refractivity contribution in [3.8, 4) is 11.5 Å². The number of carbonyl (C=O) groups excluding carboxylic acids is 1. The summed E-state index contributed by atoms with van der Waals surface area (Å²) in [5.74, 6) is 0.0921. The first-order valence-corrected chi connectivity index (χ1v) is 9.11. The molecule has 144 valence electrons. The molecule has 1 unspecified atom stereocenters. The average molecular weight is 370 g/mol. The largest absolute Gasteiger partial charge is 0.508 e. The van der Waals surface area contributed by atoms with Crippen LogP contribution in [0.4, 0.5) is 5.69 Å². The highest BCUT2D eigenvalue weighted by atomic mass is 16.5. The number of benzene rings is 2. The number of aryl methyl sites for hydroxylation is 1. The first-order chi connectivity index (χ1) is 12.8. The smallest absolute Gasteiger partial charge is 0.262 e. The molecule has 27 heavy (non-hydrogen) atoms. The number of anilines is 1. The van der Waals surface area contributed by atoms with E-state index in [1.807, 2.05) is 18.2 Å². The maximum absolute atomic E-state index is 11.5. The van der Waals surface area contributed by atoms with E-state index < -0.39 is 6.10 Å². The van der Waals surface area contributed by atoms with Gasteiger partial charge in [0.05, 0.1) is 11.8 Å². The number of carbonyl (C=O) groups is 1. The van der Waals surface area contributed by atoms with Crippen LogP contribution in [0.15, 0.2) is 42.5 Å². The molecule has 0 saturated heterocycles. The Morgan fingerprint density at radius 2 is 2.00 bits per heavy atom. The predicted molar refractivity (Wildman–Crippen MR) is 104 cm³/mol. The van der Waals surface area contributed by atoms with Crippen LogP contribution in [0.25, 0.3) is 0 Å². The molecule has 2 aromatic rings. The number of phenolic OH excluding ortho intramolecular Hbond substituents is 1. The van der Waals surface area contributed by atoms with Crippen molar-refractivity contribution in [3.63, 3.8) is 0 Å². The van der Waals surface area contributed by atoms with E-state index in [1.54, 1.807) is 0 Å². The quantitative estimate of drug-likeness (QED) is 0.602. The third-order valence-electron chi connectivity index (χ3n) is 4.74. The molecular weight excluding hydrogens is 344 g/mol. The van der Waals surface area contributed by atoms with Gasteiger partial charge in [-0.1, -0.05) is 30.3 Å². The Morgan fingerprint density at radius 3 is 2.74 bits per heavy atom. The number of aliphatic hydroxyl groups excluding tert-OH is 1. The second-order valence-electron chi connectivity index (χ2n) is 7.51. The summed E-state index contributed by atoms with van der Waals surface area (Å²) in [4.78, 5) is 11.5. The van der Waals surface area contributed by atoms with Crippen LogP contribution in [0.3, 0.4) is 0 Å². The summed E-state index contributed by atoms with van der Waals surface area (Å²) in [6.07, 6.45) is 0.971. The number of amides is 1. The topological polar surface area (TPSA) is 90.8 Å². The van der Waals surface area contributed by atoms with Crippen LogP contribution in [-0.2, 0) is 11.2 Å². The second-order valence-corrected chi connectivity index (χ2v) is 7.51. The van der Waals surface area contributed by atoms with Gasteiger partial charge in [0.1, 0.15) is 11.5 Å². The molecular formula is C21H26N2O4. The van der Waals surface area contributed by atoms with E-state index in [4.69, 9.17) is 4.74 Å². The molecule has 2 aromatic carbocycles. The Labute approximate surface area is 159 Å². The Hall–Kier alpha value is -2.57. The fraction of sp³-hybridized carbons (Fsp3) is 0.381. The summed E-state index contributed by atoms with van der Waals surface area (Å²) in [6.45, 7) is 4.39. The van der Waals surface area contributed by atoms with Gasteiger partial charge in [0, 0.05) is 23.7 Å². The van der Waals surface area contributed by atoms with Gasteiger partial charge >= 0.3 is 0 Å². The molecule has 1 amide bonds. The van der Waals surface area contributed by atoms with Crippen molar-refractivity contribution in [1.29, 1.82) is 0 Å². The van der Waals surface area contributed by atoms with Crippen molar-refractivity contribution in [3.05, 3.63) is 53.6 Å². The molecule has 1 aliphatic heterocycles. The van der Waals surface area contributed by atoms with Crippen molar-refractivity contribution >= 4 is 11.6 Å². The molecule has 0 aromatic heterocycles. The molecule has 0 spiro atoms. The zero-order valence-corrected chi connectivity index (χ0v) is 15.7. The van der Waals surface area contributed by atoms with Crippen molar-refractivity contribution < 1.29 is 19.7 Å². The maximum atomic E-state index is 11.5. The van der Waals surface area contributed by atoms with E-state index in [9.17, 15) is 15.0 Å². The maximum Gasteiger partial charge on any atom is 0.262 e. The van der Waals surface area contributed by atoms with Crippen LogP contribution >= 0.6 is 0 Å². The van der Waals surface area contributed by atoms with Crippen molar-refractivity contribution in [2.45, 2.75) is 38.3 Å². The summed E-state index contributed by atoms with van der Waals surface area (Å²) in [5, 5.41) is 26.6.